The zero-order valence-electron chi connectivity index (χ0n) is 14.9. The first-order valence-corrected chi connectivity index (χ1v) is 8.21. The second-order valence-electron chi connectivity index (χ2n) is 5.81. The third-order valence-corrected chi connectivity index (χ3v) is 3.74. The number of aliphatic carboxylic acids is 2. The summed E-state index contributed by atoms with van der Waals surface area (Å²) in [5.74, 6) is -5.68. The van der Waals surface area contributed by atoms with Gasteiger partial charge in [0, 0.05) is 12.1 Å². The number of carboxylic acids is 3. The molecular formula is C19H17NO9. The number of aliphatic hydroxyl groups excluding tert-OH is 1. The van der Waals surface area contributed by atoms with E-state index < -0.39 is 48.3 Å². The van der Waals surface area contributed by atoms with Gasteiger partial charge in [0.05, 0.1) is 5.56 Å². The standard InChI is InChI=1S/C19H17NO9/c21-13-6-1-2-7-14(29-10-16(24)25)17(13)18(26)20(9-15(22)23)12-5-3-4-11(8-12)19(27)28/h1-5,7-8,21H,6,9-10H2,(H,22,23)(H,24,25)(H,27,28). The smallest absolute Gasteiger partial charge is 0.341 e. The van der Waals surface area contributed by atoms with Crippen molar-refractivity contribution in [1.82, 2.24) is 0 Å². The Morgan fingerprint density at radius 2 is 1.79 bits per heavy atom. The van der Waals surface area contributed by atoms with Gasteiger partial charge in [-0.3, -0.25) is 14.5 Å². The van der Waals surface area contributed by atoms with E-state index in [1.54, 1.807) is 0 Å². The Morgan fingerprint density at radius 3 is 2.41 bits per heavy atom. The van der Waals surface area contributed by atoms with Crippen LogP contribution in [0.2, 0.25) is 0 Å². The molecule has 0 saturated carbocycles. The predicted octanol–water partition coefficient (Wildman–Crippen LogP) is 1.56. The van der Waals surface area contributed by atoms with Crippen molar-refractivity contribution in [1.29, 1.82) is 0 Å². The molecule has 0 aromatic heterocycles. The van der Waals surface area contributed by atoms with Crippen LogP contribution in [0.5, 0.6) is 0 Å². The first-order valence-electron chi connectivity index (χ1n) is 8.21. The number of anilines is 1. The lowest BCUT2D eigenvalue weighted by Gasteiger charge is -2.24. The van der Waals surface area contributed by atoms with Crippen LogP contribution in [0.4, 0.5) is 5.69 Å². The number of nitrogens with zero attached hydrogens (tertiary/aromatic N) is 1. The average Bonchev–Trinajstić information content (AvgIpc) is 2.85. The van der Waals surface area contributed by atoms with E-state index in [0.29, 0.717) is 0 Å². The summed E-state index contributed by atoms with van der Waals surface area (Å²) in [6.07, 6.45) is 4.13. The second-order valence-corrected chi connectivity index (χ2v) is 5.81. The Balaban J connectivity index is 2.50. The van der Waals surface area contributed by atoms with E-state index in [4.69, 9.17) is 14.9 Å². The minimum Gasteiger partial charge on any atom is -0.511 e. The van der Waals surface area contributed by atoms with Crippen molar-refractivity contribution in [3.63, 3.8) is 0 Å². The topological polar surface area (TPSA) is 162 Å². The minimum absolute atomic E-state index is 0.0348. The summed E-state index contributed by atoms with van der Waals surface area (Å²) < 4.78 is 5.08. The quantitative estimate of drug-likeness (QED) is 0.504. The molecular weight excluding hydrogens is 386 g/mol. The van der Waals surface area contributed by atoms with Crippen LogP contribution in [0.25, 0.3) is 0 Å². The van der Waals surface area contributed by atoms with Crippen molar-refractivity contribution in [2.24, 2.45) is 0 Å². The molecule has 29 heavy (non-hydrogen) atoms. The van der Waals surface area contributed by atoms with Gasteiger partial charge in [-0.1, -0.05) is 18.2 Å². The van der Waals surface area contributed by atoms with Gasteiger partial charge in [0.2, 0.25) is 0 Å². The Morgan fingerprint density at radius 1 is 1.07 bits per heavy atom. The molecule has 0 aliphatic heterocycles. The number of amides is 1. The second kappa shape index (κ2) is 9.22. The fourth-order valence-corrected chi connectivity index (χ4v) is 2.51. The van der Waals surface area contributed by atoms with Gasteiger partial charge in [0.15, 0.2) is 6.61 Å². The van der Waals surface area contributed by atoms with Crippen LogP contribution in [0.1, 0.15) is 16.8 Å². The molecule has 1 amide bonds. The third-order valence-electron chi connectivity index (χ3n) is 3.74. The van der Waals surface area contributed by atoms with Gasteiger partial charge in [0.1, 0.15) is 23.6 Å². The number of aliphatic hydroxyl groups is 1. The van der Waals surface area contributed by atoms with Crippen LogP contribution in [-0.2, 0) is 19.1 Å². The molecule has 0 saturated heterocycles. The Labute approximate surface area is 164 Å². The van der Waals surface area contributed by atoms with E-state index in [1.165, 1.54) is 36.4 Å². The molecule has 1 aliphatic carbocycles. The number of allylic oxidation sites excluding steroid dienone is 3. The van der Waals surface area contributed by atoms with Gasteiger partial charge < -0.3 is 25.2 Å². The van der Waals surface area contributed by atoms with Crippen molar-refractivity contribution >= 4 is 29.5 Å². The summed E-state index contributed by atoms with van der Waals surface area (Å²) in [4.78, 5) is 47.2. The summed E-state index contributed by atoms with van der Waals surface area (Å²) in [6.45, 7) is -1.63. The lowest BCUT2D eigenvalue weighted by atomic mass is 10.1. The molecule has 10 nitrogen and oxygen atoms in total. The highest BCUT2D eigenvalue weighted by Crippen LogP contribution is 2.26. The van der Waals surface area contributed by atoms with Crippen LogP contribution >= 0.6 is 0 Å². The highest BCUT2D eigenvalue weighted by Gasteiger charge is 2.30. The summed E-state index contributed by atoms with van der Waals surface area (Å²) in [7, 11) is 0. The summed E-state index contributed by atoms with van der Waals surface area (Å²) in [6, 6.07) is 5.04. The highest BCUT2D eigenvalue weighted by atomic mass is 16.5. The molecule has 0 unspecified atom stereocenters. The largest absolute Gasteiger partial charge is 0.511 e. The average molecular weight is 403 g/mol. The maximum absolute atomic E-state index is 13.1. The summed E-state index contributed by atoms with van der Waals surface area (Å²) >= 11 is 0. The number of benzene rings is 1. The Hall–Kier alpha value is -4.08. The molecule has 1 aliphatic rings. The number of carboxylic acid groups (broad SMARTS) is 3. The van der Waals surface area contributed by atoms with E-state index in [2.05, 4.69) is 0 Å². The monoisotopic (exact) mass is 403 g/mol. The molecule has 1 aromatic carbocycles. The van der Waals surface area contributed by atoms with Gasteiger partial charge in [-0.05, 0) is 24.3 Å². The summed E-state index contributed by atoms with van der Waals surface area (Å²) in [5, 5.41) is 37.5. The number of hydrogen-bond donors (Lipinski definition) is 4. The first kappa shape index (κ1) is 21.2. The fraction of sp³-hybridized carbons (Fsp3) is 0.158. The number of aromatic carboxylic acids is 1. The van der Waals surface area contributed by atoms with E-state index >= 15 is 0 Å². The van der Waals surface area contributed by atoms with E-state index in [0.717, 1.165) is 11.0 Å². The van der Waals surface area contributed by atoms with Crippen LogP contribution in [0, 0.1) is 0 Å². The Kier molecular flexibility index (Phi) is 6.75. The number of hydrogen-bond acceptors (Lipinski definition) is 6. The van der Waals surface area contributed by atoms with Crippen molar-refractivity contribution < 1.29 is 44.3 Å². The van der Waals surface area contributed by atoms with Crippen LogP contribution in [0.15, 0.2) is 59.6 Å². The number of carbonyl (C=O) groups excluding carboxylic acids is 1. The highest BCUT2D eigenvalue weighted by molar-refractivity contribution is 6.10. The van der Waals surface area contributed by atoms with Gasteiger partial charge in [0.25, 0.3) is 5.91 Å². The maximum Gasteiger partial charge on any atom is 0.341 e. The van der Waals surface area contributed by atoms with E-state index in [1.807, 2.05) is 0 Å². The maximum atomic E-state index is 13.1. The zero-order chi connectivity index (χ0) is 21.6. The SMILES string of the molecule is O=C(O)COC1=CC=CCC(O)=C1C(=O)N(CC(=O)O)c1cccc(C(=O)O)c1. The Bertz CT molecular complexity index is 943. The molecule has 10 heteroatoms. The van der Waals surface area contributed by atoms with Gasteiger partial charge in [-0.2, -0.15) is 0 Å². The molecule has 0 spiro atoms. The third kappa shape index (κ3) is 5.45. The van der Waals surface area contributed by atoms with E-state index in [9.17, 15) is 29.4 Å². The number of rotatable bonds is 8. The zero-order valence-corrected chi connectivity index (χ0v) is 14.9. The number of ether oxygens (including phenoxy) is 1. The fourth-order valence-electron chi connectivity index (χ4n) is 2.51. The van der Waals surface area contributed by atoms with Crippen molar-refractivity contribution in [3.8, 4) is 0 Å². The molecule has 0 bridgehead atoms. The van der Waals surface area contributed by atoms with Crippen molar-refractivity contribution in [2.75, 3.05) is 18.1 Å². The van der Waals surface area contributed by atoms with Gasteiger partial charge in [-0.25, -0.2) is 9.59 Å². The number of carbonyl (C=O) groups is 4. The lowest BCUT2D eigenvalue weighted by molar-refractivity contribution is -0.141. The first-order chi connectivity index (χ1) is 13.7. The van der Waals surface area contributed by atoms with Crippen LogP contribution in [-0.4, -0.2) is 57.4 Å². The predicted molar refractivity (Wildman–Crippen MR) is 98.5 cm³/mol. The van der Waals surface area contributed by atoms with Crippen molar-refractivity contribution in [3.05, 3.63) is 65.1 Å². The molecule has 0 atom stereocenters. The normalized spacial score (nSPS) is 13.3. The van der Waals surface area contributed by atoms with Gasteiger partial charge in [-0.15, -0.1) is 0 Å². The van der Waals surface area contributed by atoms with Gasteiger partial charge >= 0.3 is 17.9 Å². The lowest BCUT2D eigenvalue weighted by Crippen LogP contribution is -2.38. The molecule has 0 radical (unpaired) electrons. The van der Waals surface area contributed by atoms with Crippen LogP contribution in [0.3, 0.4) is 0 Å². The molecule has 1 aromatic rings. The van der Waals surface area contributed by atoms with E-state index in [-0.39, 0.29) is 23.4 Å². The molecule has 0 fully saturated rings. The molecule has 2 rings (SSSR count). The molecule has 0 heterocycles. The minimum atomic E-state index is -1.39. The molecule has 4 N–H and O–H groups in total. The van der Waals surface area contributed by atoms with Crippen LogP contribution < -0.4 is 4.90 Å². The molecule has 152 valence electrons. The van der Waals surface area contributed by atoms with Crippen molar-refractivity contribution in [2.45, 2.75) is 6.42 Å². The summed E-state index contributed by atoms with van der Waals surface area (Å²) in [5.41, 5.74) is -0.630.